The summed E-state index contributed by atoms with van der Waals surface area (Å²) >= 11 is 0. The smallest absolute Gasteiger partial charge is 0.251 e. The first kappa shape index (κ1) is 15.3. The standard InChI is InChI=1S/C16H16F2N4O/c17-12-4-3-11(9-13(12)18)16(23)20-10-14-19-6-5-15(21-14)22-7-1-2-8-22/h3-6,9H,1-2,7-8,10H2,(H,20,23). The van der Waals surface area contributed by atoms with Gasteiger partial charge in [-0.3, -0.25) is 4.79 Å². The van der Waals surface area contributed by atoms with E-state index in [4.69, 9.17) is 0 Å². The molecular formula is C16H16F2N4O. The van der Waals surface area contributed by atoms with E-state index >= 15 is 0 Å². The van der Waals surface area contributed by atoms with E-state index in [0.717, 1.165) is 43.9 Å². The number of nitrogens with one attached hydrogen (secondary N) is 1. The zero-order valence-corrected chi connectivity index (χ0v) is 12.4. The lowest BCUT2D eigenvalue weighted by molar-refractivity contribution is 0.0949. The second kappa shape index (κ2) is 6.68. The fourth-order valence-corrected chi connectivity index (χ4v) is 2.49. The molecule has 7 heteroatoms. The number of amides is 1. The van der Waals surface area contributed by atoms with Crippen molar-refractivity contribution in [2.45, 2.75) is 19.4 Å². The van der Waals surface area contributed by atoms with Crippen molar-refractivity contribution in [3.63, 3.8) is 0 Å². The Hall–Kier alpha value is -2.57. The van der Waals surface area contributed by atoms with Crippen LogP contribution in [0.3, 0.4) is 0 Å². The SMILES string of the molecule is O=C(NCc1nccc(N2CCCC2)n1)c1ccc(F)c(F)c1. The number of nitrogens with zero attached hydrogens (tertiary/aromatic N) is 3. The number of aromatic nitrogens is 2. The molecule has 120 valence electrons. The lowest BCUT2D eigenvalue weighted by atomic mass is 10.2. The van der Waals surface area contributed by atoms with E-state index in [2.05, 4.69) is 20.2 Å². The Morgan fingerprint density at radius 2 is 1.96 bits per heavy atom. The average molecular weight is 318 g/mol. The van der Waals surface area contributed by atoms with Gasteiger partial charge in [0.15, 0.2) is 11.6 Å². The second-order valence-electron chi connectivity index (χ2n) is 5.34. The van der Waals surface area contributed by atoms with Gasteiger partial charge in [-0.05, 0) is 37.1 Å². The Morgan fingerprint density at radius 1 is 1.17 bits per heavy atom. The van der Waals surface area contributed by atoms with E-state index in [1.165, 1.54) is 6.07 Å². The monoisotopic (exact) mass is 318 g/mol. The molecule has 0 spiro atoms. The summed E-state index contributed by atoms with van der Waals surface area (Å²) in [6, 6.07) is 4.86. The summed E-state index contributed by atoms with van der Waals surface area (Å²) in [7, 11) is 0. The normalized spacial score (nSPS) is 14.1. The molecular weight excluding hydrogens is 302 g/mol. The molecule has 1 N–H and O–H groups in total. The Kier molecular flexibility index (Phi) is 4.45. The summed E-state index contributed by atoms with van der Waals surface area (Å²) in [6.45, 7) is 2.06. The molecule has 1 saturated heterocycles. The van der Waals surface area contributed by atoms with Crippen molar-refractivity contribution >= 4 is 11.7 Å². The minimum atomic E-state index is -1.05. The number of halogens is 2. The minimum absolute atomic E-state index is 0.0552. The highest BCUT2D eigenvalue weighted by atomic mass is 19.2. The van der Waals surface area contributed by atoms with Gasteiger partial charge in [-0.1, -0.05) is 0 Å². The van der Waals surface area contributed by atoms with E-state index in [9.17, 15) is 13.6 Å². The van der Waals surface area contributed by atoms with Gasteiger partial charge in [-0.15, -0.1) is 0 Å². The molecule has 1 aliphatic rings. The van der Waals surface area contributed by atoms with Crippen molar-refractivity contribution in [1.29, 1.82) is 0 Å². The van der Waals surface area contributed by atoms with Crippen LogP contribution in [-0.4, -0.2) is 29.0 Å². The topological polar surface area (TPSA) is 58.1 Å². The van der Waals surface area contributed by atoms with E-state index in [1.54, 1.807) is 6.20 Å². The quantitative estimate of drug-likeness (QED) is 0.940. The Balaban J connectivity index is 1.64. The largest absolute Gasteiger partial charge is 0.357 e. The van der Waals surface area contributed by atoms with Gasteiger partial charge in [0.05, 0.1) is 6.54 Å². The molecule has 23 heavy (non-hydrogen) atoms. The van der Waals surface area contributed by atoms with E-state index in [1.807, 2.05) is 6.07 Å². The first-order chi connectivity index (χ1) is 11.1. The molecule has 5 nitrogen and oxygen atoms in total. The third kappa shape index (κ3) is 3.61. The van der Waals surface area contributed by atoms with Gasteiger partial charge in [-0.25, -0.2) is 18.7 Å². The van der Waals surface area contributed by atoms with Gasteiger partial charge < -0.3 is 10.2 Å². The average Bonchev–Trinajstić information content (AvgIpc) is 3.10. The molecule has 2 aromatic rings. The minimum Gasteiger partial charge on any atom is -0.357 e. The molecule has 1 fully saturated rings. The van der Waals surface area contributed by atoms with E-state index < -0.39 is 17.5 Å². The number of rotatable bonds is 4. The van der Waals surface area contributed by atoms with Crippen molar-refractivity contribution in [3.05, 3.63) is 53.5 Å². The summed E-state index contributed by atoms with van der Waals surface area (Å²) in [5.74, 6) is -1.22. The molecule has 0 radical (unpaired) electrons. The van der Waals surface area contributed by atoms with Crippen molar-refractivity contribution in [3.8, 4) is 0 Å². The first-order valence-corrected chi connectivity index (χ1v) is 7.43. The van der Waals surface area contributed by atoms with Crippen LogP contribution < -0.4 is 10.2 Å². The fourth-order valence-electron chi connectivity index (χ4n) is 2.49. The zero-order valence-electron chi connectivity index (χ0n) is 12.4. The lowest BCUT2D eigenvalue weighted by Crippen LogP contribution is -2.25. The molecule has 0 bridgehead atoms. The van der Waals surface area contributed by atoms with Gasteiger partial charge >= 0.3 is 0 Å². The summed E-state index contributed by atoms with van der Waals surface area (Å²) in [4.78, 5) is 22.7. The highest BCUT2D eigenvalue weighted by molar-refractivity contribution is 5.94. The van der Waals surface area contributed by atoms with E-state index in [0.29, 0.717) is 5.82 Å². The van der Waals surface area contributed by atoms with Gasteiger partial charge in [-0.2, -0.15) is 0 Å². The predicted molar refractivity (Wildman–Crippen MR) is 81.0 cm³/mol. The molecule has 0 aliphatic carbocycles. The predicted octanol–water partition coefficient (Wildman–Crippen LogP) is 2.29. The Bertz CT molecular complexity index is 717. The lowest BCUT2D eigenvalue weighted by Gasteiger charge is -2.16. The summed E-state index contributed by atoms with van der Waals surface area (Å²) < 4.78 is 26.0. The third-order valence-electron chi connectivity index (χ3n) is 3.71. The van der Waals surface area contributed by atoms with E-state index in [-0.39, 0.29) is 12.1 Å². The molecule has 0 unspecified atom stereocenters. The van der Waals surface area contributed by atoms with Crippen LogP contribution in [0.2, 0.25) is 0 Å². The molecule has 1 aliphatic heterocycles. The van der Waals surface area contributed by atoms with Crippen LogP contribution in [0.5, 0.6) is 0 Å². The van der Waals surface area contributed by atoms with Crippen molar-refractivity contribution in [1.82, 2.24) is 15.3 Å². The van der Waals surface area contributed by atoms with Crippen LogP contribution in [0.4, 0.5) is 14.6 Å². The summed E-state index contributed by atoms with van der Waals surface area (Å²) in [6.07, 6.45) is 3.94. The summed E-state index contributed by atoms with van der Waals surface area (Å²) in [5.41, 5.74) is 0.0552. The van der Waals surface area contributed by atoms with Crippen LogP contribution in [0, 0.1) is 11.6 Å². The third-order valence-corrected chi connectivity index (χ3v) is 3.71. The highest BCUT2D eigenvalue weighted by Crippen LogP contribution is 2.17. The number of benzene rings is 1. The first-order valence-electron chi connectivity index (χ1n) is 7.43. The maximum absolute atomic E-state index is 13.1. The van der Waals surface area contributed by atoms with Gasteiger partial charge in [0, 0.05) is 24.8 Å². The molecule has 1 aromatic carbocycles. The highest BCUT2D eigenvalue weighted by Gasteiger charge is 2.14. The zero-order chi connectivity index (χ0) is 16.2. The number of hydrogen-bond acceptors (Lipinski definition) is 4. The number of carbonyl (C=O) groups is 1. The van der Waals surface area contributed by atoms with Gasteiger partial charge in [0.1, 0.15) is 11.6 Å². The summed E-state index contributed by atoms with van der Waals surface area (Å²) in [5, 5.41) is 2.61. The van der Waals surface area contributed by atoms with Gasteiger partial charge in [0.25, 0.3) is 5.91 Å². The molecule has 3 rings (SSSR count). The number of carbonyl (C=O) groups excluding carboxylic acids is 1. The van der Waals surface area contributed by atoms with Crippen LogP contribution in [0.25, 0.3) is 0 Å². The van der Waals surface area contributed by atoms with Crippen molar-refractivity contribution < 1.29 is 13.6 Å². The van der Waals surface area contributed by atoms with Crippen molar-refractivity contribution in [2.24, 2.45) is 0 Å². The Morgan fingerprint density at radius 3 is 2.70 bits per heavy atom. The Labute approximate surface area is 132 Å². The molecule has 0 atom stereocenters. The van der Waals surface area contributed by atoms with Gasteiger partial charge in [0.2, 0.25) is 0 Å². The van der Waals surface area contributed by atoms with Crippen molar-refractivity contribution in [2.75, 3.05) is 18.0 Å². The van der Waals surface area contributed by atoms with Crippen LogP contribution >= 0.6 is 0 Å². The molecule has 1 aromatic heterocycles. The molecule has 2 heterocycles. The molecule has 1 amide bonds. The number of hydrogen-bond donors (Lipinski definition) is 1. The second-order valence-corrected chi connectivity index (χ2v) is 5.34. The molecule has 0 saturated carbocycles. The maximum atomic E-state index is 13.1. The van der Waals surface area contributed by atoms with Crippen LogP contribution in [0.15, 0.2) is 30.5 Å². The van der Waals surface area contributed by atoms with Crippen LogP contribution in [0.1, 0.15) is 29.0 Å². The maximum Gasteiger partial charge on any atom is 0.251 e. The van der Waals surface area contributed by atoms with Crippen LogP contribution in [-0.2, 0) is 6.54 Å². The fraction of sp³-hybridized carbons (Fsp3) is 0.312. The number of anilines is 1.